The first-order valence-corrected chi connectivity index (χ1v) is 17.1. The highest BCUT2D eigenvalue weighted by Crippen LogP contribution is 2.67. The molecule has 4 fully saturated rings. The fourth-order valence-electron chi connectivity index (χ4n) is 10.8. The van der Waals surface area contributed by atoms with Crippen molar-refractivity contribution in [2.75, 3.05) is 6.61 Å². The molecule has 0 aromatic carbocycles. The minimum Gasteiger partial charge on any atom is -0.394 e. The number of hydrogen-bond donors (Lipinski definition) is 4. The van der Waals surface area contributed by atoms with Crippen LogP contribution >= 0.6 is 0 Å². The molecule has 236 valence electrons. The van der Waals surface area contributed by atoms with Gasteiger partial charge in [0.2, 0.25) is 0 Å². The van der Waals surface area contributed by atoms with Gasteiger partial charge in [-0.3, -0.25) is 0 Å². The van der Waals surface area contributed by atoms with Gasteiger partial charge in [0.15, 0.2) is 6.29 Å². The Labute approximate surface area is 249 Å². The summed E-state index contributed by atoms with van der Waals surface area (Å²) < 4.78 is 11.9. The van der Waals surface area contributed by atoms with Crippen molar-refractivity contribution >= 4 is 0 Å². The normalized spacial score (nSPS) is 47.7. The van der Waals surface area contributed by atoms with E-state index in [4.69, 9.17) is 9.47 Å². The molecule has 0 bridgehead atoms. The van der Waals surface area contributed by atoms with E-state index in [1.54, 1.807) is 0 Å². The molecule has 1 aliphatic heterocycles. The van der Waals surface area contributed by atoms with Gasteiger partial charge in [0, 0.05) is 0 Å². The van der Waals surface area contributed by atoms with Crippen LogP contribution in [0.4, 0.5) is 0 Å². The Morgan fingerprint density at radius 2 is 1.71 bits per heavy atom. The third kappa shape index (κ3) is 5.73. The van der Waals surface area contributed by atoms with Crippen molar-refractivity contribution < 1.29 is 29.9 Å². The average molecular weight is 577 g/mol. The highest BCUT2D eigenvalue weighted by molar-refractivity contribution is 5.25. The lowest BCUT2D eigenvalue weighted by Crippen LogP contribution is -2.60. The van der Waals surface area contributed by atoms with E-state index in [0.29, 0.717) is 5.41 Å². The molecule has 1 saturated heterocycles. The molecule has 3 saturated carbocycles. The van der Waals surface area contributed by atoms with Crippen LogP contribution in [0.25, 0.3) is 0 Å². The summed E-state index contributed by atoms with van der Waals surface area (Å²) in [4.78, 5) is 0. The number of hydrogen-bond acceptors (Lipinski definition) is 6. The van der Waals surface area contributed by atoms with E-state index in [-0.39, 0.29) is 11.5 Å². The van der Waals surface area contributed by atoms with Crippen molar-refractivity contribution in [2.45, 2.75) is 149 Å². The first-order chi connectivity index (χ1) is 19.4. The molecule has 14 atom stereocenters. The molecule has 5 aliphatic rings. The second kappa shape index (κ2) is 12.5. The maximum absolute atomic E-state index is 10.5. The van der Waals surface area contributed by atoms with E-state index >= 15 is 0 Å². The lowest BCUT2D eigenvalue weighted by atomic mass is 9.47. The number of ether oxygens (including phenoxy) is 2. The molecule has 6 nitrogen and oxygen atoms in total. The molecule has 0 spiro atoms. The fraction of sp³-hybridized carbons (Fsp3) is 0.943. The lowest BCUT2D eigenvalue weighted by molar-refractivity contribution is -0.313. The molecule has 5 rings (SSSR count). The third-order valence-corrected chi connectivity index (χ3v) is 13.5. The average Bonchev–Trinajstić information content (AvgIpc) is 3.30. The van der Waals surface area contributed by atoms with E-state index in [2.05, 4.69) is 47.6 Å². The Morgan fingerprint density at radius 3 is 2.39 bits per heavy atom. The molecule has 0 aromatic rings. The second-order valence-electron chi connectivity index (χ2n) is 15.7. The monoisotopic (exact) mass is 576 g/mol. The van der Waals surface area contributed by atoms with Gasteiger partial charge in [-0.15, -0.1) is 0 Å². The van der Waals surface area contributed by atoms with Gasteiger partial charge in [0.1, 0.15) is 24.4 Å². The zero-order valence-corrected chi connectivity index (χ0v) is 26.7. The van der Waals surface area contributed by atoms with Crippen molar-refractivity contribution in [1.82, 2.24) is 0 Å². The quantitative estimate of drug-likeness (QED) is 0.257. The Kier molecular flexibility index (Phi) is 9.71. The standard InChI is InChI=1S/C35H60O6/c1-7-22(20(2)3)9-8-21(4)26-12-13-27-25-11-10-23-18-24(14-16-34(23,5)28(25)15-17-35(26,27)6)40-33-32(39)31(38)30(37)29(19-36)41-33/h10,20-22,24-33,36-39H,7-9,11-19H2,1-6H3/t21-,22-,24?,25+,26-,27+,28+,29-,30+,31+,32-,33-,34+,35-/m1/s1. The number of allylic oxidation sites excluding steroid dienone is 1. The van der Waals surface area contributed by atoms with E-state index in [9.17, 15) is 20.4 Å². The third-order valence-electron chi connectivity index (χ3n) is 13.5. The summed E-state index contributed by atoms with van der Waals surface area (Å²) in [7, 11) is 0. The topological polar surface area (TPSA) is 99.4 Å². The van der Waals surface area contributed by atoms with Gasteiger partial charge in [-0.25, -0.2) is 0 Å². The zero-order chi connectivity index (χ0) is 29.7. The summed E-state index contributed by atoms with van der Waals surface area (Å²) in [5.41, 5.74) is 2.19. The number of rotatable bonds is 9. The van der Waals surface area contributed by atoms with Gasteiger partial charge in [0.25, 0.3) is 0 Å². The van der Waals surface area contributed by atoms with Crippen molar-refractivity contribution in [3.8, 4) is 0 Å². The van der Waals surface area contributed by atoms with Crippen LogP contribution in [-0.2, 0) is 9.47 Å². The molecule has 0 aromatic heterocycles. The molecule has 4 aliphatic carbocycles. The molecule has 6 heteroatoms. The van der Waals surface area contributed by atoms with Crippen molar-refractivity contribution in [2.24, 2.45) is 52.3 Å². The largest absolute Gasteiger partial charge is 0.394 e. The molecular formula is C35H60O6. The van der Waals surface area contributed by atoms with E-state index in [1.807, 2.05) is 0 Å². The Bertz CT molecular complexity index is 918. The van der Waals surface area contributed by atoms with E-state index < -0.39 is 37.3 Å². The first kappa shape index (κ1) is 31.9. The predicted octanol–water partition coefficient (Wildman–Crippen LogP) is 5.85. The zero-order valence-electron chi connectivity index (χ0n) is 26.7. The summed E-state index contributed by atoms with van der Waals surface area (Å²) in [5, 5.41) is 40.4. The predicted molar refractivity (Wildman–Crippen MR) is 161 cm³/mol. The van der Waals surface area contributed by atoms with E-state index in [0.717, 1.165) is 60.7 Å². The Morgan fingerprint density at radius 1 is 0.951 bits per heavy atom. The summed E-state index contributed by atoms with van der Waals surface area (Å²) in [6.45, 7) is 14.5. The summed E-state index contributed by atoms with van der Waals surface area (Å²) >= 11 is 0. The van der Waals surface area contributed by atoms with Crippen molar-refractivity contribution in [1.29, 1.82) is 0 Å². The van der Waals surface area contributed by atoms with Crippen LogP contribution in [0.3, 0.4) is 0 Å². The number of aliphatic hydroxyl groups is 4. The molecule has 1 unspecified atom stereocenters. The summed E-state index contributed by atoms with van der Waals surface area (Å²) in [6, 6.07) is 0. The van der Waals surface area contributed by atoms with Crippen LogP contribution in [0.15, 0.2) is 11.6 Å². The summed E-state index contributed by atoms with van der Waals surface area (Å²) in [6.07, 6.45) is 9.92. The minimum absolute atomic E-state index is 0.101. The van der Waals surface area contributed by atoms with E-state index in [1.165, 1.54) is 56.9 Å². The Balaban J connectivity index is 1.24. The summed E-state index contributed by atoms with van der Waals surface area (Å²) in [5.74, 6) is 5.66. The maximum Gasteiger partial charge on any atom is 0.186 e. The molecule has 0 amide bonds. The van der Waals surface area contributed by atoms with Crippen LogP contribution in [-0.4, -0.2) is 63.8 Å². The smallest absolute Gasteiger partial charge is 0.186 e. The Hall–Kier alpha value is -0.500. The van der Waals surface area contributed by atoms with Gasteiger partial charge < -0.3 is 29.9 Å². The van der Waals surface area contributed by atoms with Gasteiger partial charge in [-0.05, 0) is 110 Å². The van der Waals surface area contributed by atoms with Crippen LogP contribution in [0.5, 0.6) is 0 Å². The molecule has 41 heavy (non-hydrogen) atoms. The first-order valence-electron chi connectivity index (χ1n) is 17.1. The van der Waals surface area contributed by atoms with Gasteiger partial charge in [-0.2, -0.15) is 0 Å². The van der Waals surface area contributed by atoms with Crippen LogP contribution in [0, 0.1) is 52.3 Å². The van der Waals surface area contributed by atoms with Crippen molar-refractivity contribution in [3.63, 3.8) is 0 Å². The molecule has 4 N–H and O–H groups in total. The second-order valence-corrected chi connectivity index (χ2v) is 15.7. The maximum atomic E-state index is 10.5. The number of fused-ring (bicyclic) bond motifs is 5. The molecule has 1 heterocycles. The number of aliphatic hydroxyl groups excluding tert-OH is 4. The highest BCUT2D eigenvalue weighted by Gasteiger charge is 2.59. The lowest BCUT2D eigenvalue weighted by Gasteiger charge is -2.58. The molecule has 0 radical (unpaired) electrons. The highest BCUT2D eigenvalue weighted by atomic mass is 16.7. The minimum atomic E-state index is -1.40. The van der Waals surface area contributed by atoms with Crippen molar-refractivity contribution in [3.05, 3.63) is 11.6 Å². The fourth-order valence-corrected chi connectivity index (χ4v) is 10.8. The molecular weight excluding hydrogens is 516 g/mol. The van der Waals surface area contributed by atoms with Gasteiger partial charge >= 0.3 is 0 Å². The SMILES string of the molecule is CC[C@H](CC[C@@H](C)[C@H]1CC[C@H]2[C@@H]3CC=C4CC(O[C@@H]5O[C@H](CO)[C@H](O)[C@H](O)[C@H]5O)CC[C@]4(C)[C@H]3CC[C@]12C)C(C)C. The van der Waals surface area contributed by atoms with Gasteiger partial charge in [0.05, 0.1) is 12.7 Å². The van der Waals surface area contributed by atoms with Crippen LogP contribution in [0.2, 0.25) is 0 Å². The van der Waals surface area contributed by atoms with Gasteiger partial charge in [-0.1, -0.05) is 66.0 Å². The van der Waals surface area contributed by atoms with Crippen LogP contribution in [0.1, 0.15) is 112 Å². The van der Waals surface area contributed by atoms with Crippen LogP contribution < -0.4 is 0 Å².